The van der Waals surface area contributed by atoms with Gasteiger partial charge in [0.2, 0.25) is 5.88 Å². The van der Waals surface area contributed by atoms with Gasteiger partial charge in [-0.15, -0.1) is 0 Å². The second-order valence-corrected chi connectivity index (χ2v) is 5.88. The minimum Gasteiger partial charge on any atom is -0.438 e. The number of ether oxygens (including phenoxy) is 1. The Morgan fingerprint density at radius 1 is 1.10 bits per heavy atom. The van der Waals surface area contributed by atoms with E-state index < -0.39 is 0 Å². The van der Waals surface area contributed by atoms with Crippen LogP contribution < -0.4 is 10.1 Å². The first-order valence-corrected chi connectivity index (χ1v) is 7.57. The highest BCUT2D eigenvalue weighted by atomic mass is 16.5. The lowest BCUT2D eigenvalue weighted by Gasteiger charge is -2.13. The average Bonchev–Trinajstić information content (AvgIpc) is 3.30. The van der Waals surface area contributed by atoms with Crippen molar-refractivity contribution in [2.75, 3.05) is 0 Å². The Hall–Kier alpha value is -1.87. The number of aryl methyl sites for hydroxylation is 2. The van der Waals surface area contributed by atoms with Crippen LogP contribution in [0.1, 0.15) is 35.2 Å². The molecule has 0 aliphatic heterocycles. The Morgan fingerprint density at radius 2 is 1.86 bits per heavy atom. The molecule has 0 spiro atoms. The molecule has 1 aliphatic carbocycles. The normalized spacial score (nSPS) is 14.2. The van der Waals surface area contributed by atoms with Crippen molar-refractivity contribution in [1.82, 2.24) is 10.3 Å². The fourth-order valence-electron chi connectivity index (χ4n) is 2.34. The van der Waals surface area contributed by atoms with Crippen molar-refractivity contribution in [3.05, 3.63) is 52.7 Å². The summed E-state index contributed by atoms with van der Waals surface area (Å²) in [5, 5.41) is 3.48. The molecular weight excluding hydrogens is 260 g/mol. The van der Waals surface area contributed by atoms with Crippen molar-refractivity contribution in [2.24, 2.45) is 0 Å². The summed E-state index contributed by atoms with van der Waals surface area (Å²) in [6, 6.07) is 10.9. The van der Waals surface area contributed by atoms with Crippen LogP contribution >= 0.6 is 0 Å². The number of nitrogens with one attached hydrogen (secondary N) is 1. The number of pyridine rings is 1. The minimum atomic E-state index is 0.668. The van der Waals surface area contributed by atoms with Gasteiger partial charge in [0.05, 0.1) is 5.69 Å². The van der Waals surface area contributed by atoms with Crippen molar-refractivity contribution in [1.29, 1.82) is 0 Å². The maximum absolute atomic E-state index is 6.04. The molecule has 0 atom stereocenters. The molecule has 1 saturated carbocycles. The van der Waals surface area contributed by atoms with E-state index in [1.54, 1.807) is 0 Å². The first-order chi connectivity index (χ1) is 10.1. The van der Waals surface area contributed by atoms with E-state index in [-0.39, 0.29) is 0 Å². The van der Waals surface area contributed by atoms with E-state index in [0.29, 0.717) is 11.9 Å². The number of aromatic nitrogens is 1. The summed E-state index contributed by atoms with van der Waals surface area (Å²) >= 11 is 0. The number of benzene rings is 1. The molecule has 0 amide bonds. The maximum atomic E-state index is 6.04. The number of hydrogen-bond donors (Lipinski definition) is 1. The quantitative estimate of drug-likeness (QED) is 0.898. The Labute approximate surface area is 126 Å². The standard InChI is InChI=1S/C18H22N2O/c1-12-7-8-13(2)18(14(12)3)21-17-6-4-5-16(20-17)11-19-15-9-10-15/h4-8,15,19H,9-11H2,1-3H3. The van der Waals surface area contributed by atoms with Crippen molar-refractivity contribution in [3.8, 4) is 11.6 Å². The van der Waals surface area contributed by atoms with Gasteiger partial charge in [0.1, 0.15) is 5.75 Å². The maximum Gasteiger partial charge on any atom is 0.219 e. The summed E-state index contributed by atoms with van der Waals surface area (Å²) in [5.74, 6) is 1.59. The molecule has 1 aliphatic rings. The fraction of sp³-hybridized carbons (Fsp3) is 0.389. The predicted octanol–water partition coefficient (Wildman–Crippen LogP) is 4.05. The summed E-state index contributed by atoms with van der Waals surface area (Å²) < 4.78 is 6.04. The number of nitrogens with zero attached hydrogens (tertiary/aromatic N) is 1. The SMILES string of the molecule is Cc1ccc(C)c(Oc2cccc(CNC3CC3)n2)c1C. The molecule has 3 heteroatoms. The first kappa shape index (κ1) is 14.1. The Bertz CT molecular complexity index is 648. The molecule has 1 aromatic heterocycles. The molecule has 1 heterocycles. The third kappa shape index (κ3) is 3.42. The van der Waals surface area contributed by atoms with Crippen LogP contribution in [0.2, 0.25) is 0 Å². The van der Waals surface area contributed by atoms with Crippen molar-refractivity contribution < 1.29 is 4.74 Å². The average molecular weight is 282 g/mol. The van der Waals surface area contributed by atoms with Crippen LogP contribution in [-0.2, 0) is 6.54 Å². The van der Waals surface area contributed by atoms with Gasteiger partial charge in [0, 0.05) is 18.7 Å². The number of rotatable bonds is 5. The van der Waals surface area contributed by atoms with Crippen LogP contribution in [0, 0.1) is 20.8 Å². The van der Waals surface area contributed by atoms with Gasteiger partial charge in [0.25, 0.3) is 0 Å². The molecule has 1 aromatic carbocycles. The Morgan fingerprint density at radius 3 is 2.62 bits per heavy atom. The fourth-order valence-corrected chi connectivity index (χ4v) is 2.34. The molecule has 0 unspecified atom stereocenters. The van der Waals surface area contributed by atoms with Crippen LogP contribution in [0.3, 0.4) is 0 Å². The van der Waals surface area contributed by atoms with E-state index in [1.807, 2.05) is 18.2 Å². The van der Waals surface area contributed by atoms with Gasteiger partial charge in [-0.3, -0.25) is 0 Å². The van der Waals surface area contributed by atoms with E-state index in [9.17, 15) is 0 Å². The highest BCUT2D eigenvalue weighted by molar-refractivity contribution is 5.46. The topological polar surface area (TPSA) is 34.1 Å². The summed E-state index contributed by atoms with van der Waals surface area (Å²) in [4.78, 5) is 4.59. The van der Waals surface area contributed by atoms with Gasteiger partial charge in [-0.1, -0.05) is 18.2 Å². The van der Waals surface area contributed by atoms with Gasteiger partial charge >= 0.3 is 0 Å². The molecule has 0 bridgehead atoms. The zero-order chi connectivity index (χ0) is 14.8. The van der Waals surface area contributed by atoms with E-state index in [4.69, 9.17) is 4.74 Å². The third-order valence-electron chi connectivity index (χ3n) is 4.01. The zero-order valence-electron chi connectivity index (χ0n) is 12.9. The van der Waals surface area contributed by atoms with Gasteiger partial charge in [-0.05, 0) is 56.4 Å². The molecular formula is C18H22N2O. The molecule has 21 heavy (non-hydrogen) atoms. The Balaban J connectivity index is 1.78. The van der Waals surface area contributed by atoms with Crippen LogP contribution in [0.25, 0.3) is 0 Å². The van der Waals surface area contributed by atoms with E-state index in [1.165, 1.54) is 24.0 Å². The van der Waals surface area contributed by atoms with E-state index >= 15 is 0 Å². The molecule has 0 radical (unpaired) electrons. The predicted molar refractivity (Wildman–Crippen MR) is 84.8 cm³/mol. The smallest absolute Gasteiger partial charge is 0.219 e. The van der Waals surface area contributed by atoms with Gasteiger partial charge in [-0.25, -0.2) is 4.98 Å². The highest BCUT2D eigenvalue weighted by Crippen LogP contribution is 2.29. The van der Waals surface area contributed by atoms with Gasteiger partial charge in [-0.2, -0.15) is 0 Å². The molecule has 1 N–H and O–H groups in total. The molecule has 110 valence electrons. The lowest BCUT2D eigenvalue weighted by Crippen LogP contribution is -2.16. The van der Waals surface area contributed by atoms with Crippen molar-refractivity contribution in [3.63, 3.8) is 0 Å². The highest BCUT2D eigenvalue weighted by Gasteiger charge is 2.20. The van der Waals surface area contributed by atoms with Gasteiger partial charge < -0.3 is 10.1 Å². The number of hydrogen-bond acceptors (Lipinski definition) is 3. The Kier molecular flexibility index (Phi) is 3.93. The largest absolute Gasteiger partial charge is 0.438 e. The third-order valence-corrected chi connectivity index (χ3v) is 4.01. The van der Waals surface area contributed by atoms with Crippen LogP contribution in [-0.4, -0.2) is 11.0 Å². The molecule has 3 rings (SSSR count). The minimum absolute atomic E-state index is 0.668. The zero-order valence-corrected chi connectivity index (χ0v) is 12.9. The lowest BCUT2D eigenvalue weighted by atomic mass is 10.1. The second-order valence-electron chi connectivity index (χ2n) is 5.88. The van der Waals surface area contributed by atoms with E-state index in [0.717, 1.165) is 23.6 Å². The van der Waals surface area contributed by atoms with Crippen LogP contribution in [0.5, 0.6) is 11.6 Å². The molecule has 0 saturated heterocycles. The lowest BCUT2D eigenvalue weighted by molar-refractivity contribution is 0.452. The van der Waals surface area contributed by atoms with Crippen LogP contribution in [0.4, 0.5) is 0 Å². The van der Waals surface area contributed by atoms with Gasteiger partial charge in [0.15, 0.2) is 0 Å². The van der Waals surface area contributed by atoms with Crippen molar-refractivity contribution >= 4 is 0 Å². The summed E-state index contributed by atoms with van der Waals surface area (Å²) in [6.45, 7) is 7.08. The summed E-state index contributed by atoms with van der Waals surface area (Å²) in [5.41, 5.74) is 4.59. The summed E-state index contributed by atoms with van der Waals surface area (Å²) in [6.07, 6.45) is 2.58. The molecule has 1 fully saturated rings. The van der Waals surface area contributed by atoms with Crippen LogP contribution in [0.15, 0.2) is 30.3 Å². The molecule has 2 aromatic rings. The first-order valence-electron chi connectivity index (χ1n) is 7.57. The monoisotopic (exact) mass is 282 g/mol. The summed E-state index contributed by atoms with van der Waals surface area (Å²) in [7, 11) is 0. The second kappa shape index (κ2) is 5.86. The van der Waals surface area contributed by atoms with Crippen molar-refractivity contribution in [2.45, 2.75) is 46.2 Å². The van der Waals surface area contributed by atoms with E-state index in [2.05, 4.69) is 43.2 Å². The molecule has 3 nitrogen and oxygen atoms in total.